The molecule has 5 rings (SSSR count). The van der Waals surface area contributed by atoms with Crippen molar-refractivity contribution in [3.8, 4) is 0 Å². The standard InChI is InChI=1S/C26H28F4N4O2/c1-25(2)13-18(19-14-31-21-12-20(27)32-34(21)23(19)25)15-4-6-16(7-5-15)22(26(28,29)30)33(3)24(35)17-8-10-36-11-9-17/h4-7,12,14,17-18,22H,8-11,13H2,1-3H3/t18-,22-/m0/s1. The molecule has 2 atom stereocenters. The van der Waals surface area contributed by atoms with Gasteiger partial charge in [0.15, 0.2) is 11.7 Å². The van der Waals surface area contributed by atoms with Gasteiger partial charge in [-0.25, -0.2) is 9.50 Å². The molecule has 0 spiro atoms. The summed E-state index contributed by atoms with van der Waals surface area (Å²) in [6.07, 6.45) is -1.40. The van der Waals surface area contributed by atoms with Crippen LogP contribution in [-0.2, 0) is 14.9 Å². The molecule has 3 aromatic rings. The second-order valence-electron chi connectivity index (χ2n) is 10.4. The summed E-state index contributed by atoms with van der Waals surface area (Å²) in [5.41, 5.74) is 2.64. The van der Waals surface area contributed by atoms with Crippen LogP contribution < -0.4 is 0 Å². The highest BCUT2D eigenvalue weighted by Crippen LogP contribution is 2.48. The zero-order valence-electron chi connectivity index (χ0n) is 20.3. The van der Waals surface area contributed by atoms with Crippen molar-refractivity contribution in [1.29, 1.82) is 0 Å². The number of halogens is 4. The maximum Gasteiger partial charge on any atom is 0.413 e. The van der Waals surface area contributed by atoms with Gasteiger partial charge >= 0.3 is 6.18 Å². The normalized spacial score (nSPS) is 20.9. The molecule has 1 fully saturated rings. The van der Waals surface area contributed by atoms with Crippen molar-refractivity contribution in [3.63, 3.8) is 0 Å². The number of benzene rings is 1. The molecule has 1 aromatic carbocycles. The minimum Gasteiger partial charge on any atom is -0.381 e. The zero-order valence-corrected chi connectivity index (χ0v) is 20.3. The van der Waals surface area contributed by atoms with E-state index in [1.165, 1.54) is 29.8 Å². The Morgan fingerprint density at radius 2 is 1.86 bits per heavy atom. The van der Waals surface area contributed by atoms with Crippen LogP contribution in [0.1, 0.15) is 67.5 Å². The number of aromatic nitrogens is 3. The van der Waals surface area contributed by atoms with Crippen molar-refractivity contribution in [3.05, 3.63) is 64.9 Å². The number of hydrogen-bond acceptors (Lipinski definition) is 4. The van der Waals surface area contributed by atoms with Crippen LogP contribution in [0, 0.1) is 11.9 Å². The van der Waals surface area contributed by atoms with Gasteiger partial charge in [0, 0.05) is 55.3 Å². The Morgan fingerprint density at radius 3 is 2.50 bits per heavy atom. The first kappa shape index (κ1) is 24.7. The maximum absolute atomic E-state index is 14.2. The van der Waals surface area contributed by atoms with E-state index >= 15 is 0 Å². The fourth-order valence-electron chi connectivity index (χ4n) is 5.77. The third-order valence-corrected chi connectivity index (χ3v) is 7.48. The van der Waals surface area contributed by atoms with Gasteiger partial charge in [-0.05, 0) is 30.4 Å². The number of rotatable bonds is 4. The average molecular weight is 505 g/mol. The second-order valence-corrected chi connectivity index (χ2v) is 10.4. The zero-order chi connectivity index (χ0) is 25.8. The molecule has 6 nitrogen and oxygen atoms in total. The number of carbonyl (C=O) groups excluding carboxylic acids is 1. The third-order valence-electron chi connectivity index (χ3n) is 7.48. The Morgan fingerprint density at radius 1 is 1.19 bits per heavy atom. The lowest BCUT2D eigenvalue weighted by Crippen LogP contribution is -2.43. The van der Waals surface area contributed by atoms with Gasteiger partial charge in [0.1, 0.15) is 0 Å². The van der Waals surface area contributed by atoms with E-state index in [1.807, 2.05) is 13.8 Å². The Balaban J connectivity index is 1.46. The summed E-state index contributed by atoms with van der Waals surface area (Å²) in [7, 11) is 1.22. The topological polar surface area (TPSA) is 59.7 Å². The van der Waals surface area contributed by atoms with Crippen LogP contribution in [0.25, 0.3) is 5.65 Å². The number of hydrogen-bond donors (Lipinski definition) is 0. The number of ether oxygens (including phenoxy) is 1. The van der Waals surface area contributed by atoms with Gasteiger partial charge in [-0.2, -0.15) is 17.6 Å². The molecular weight excluding hydrogens is 476 g/mol. The Hall–Kier alpha value is -3.01. The van der Waals surface area contributed by atoms with Crippen LogP contribution in [0.5, 0.6) is 0 Å². The van der Waals surface area contributed by atoms with E-state index in [0.717, 1.165) is 21.7 Å². The van der Waals surface area contributed by atoms with Crippen molar-refractivity contribution in [2.45, 2.75) is 56.7 Å². The molecule has 1 saturated heterocycles. The Bertz CT molecular complexity index is 1280. The van der Waals surface area contributed by atoms with Crippen molar-refractivity contribution in [2.24, 2.45) is 5.92 Å². The van der Waals surface area contributed by atoms with Crippen LogP contribution in [-0.4, -0.2) is 51.8 Å². The van der Waals surface area contributed by atoms with Crippen LogP contribution in [0.2, 0.25) is 0 Å². The van der Waals surface area contributed by atoms with Crippen LogP contribution in [0.3, 0.4) is 0 Å². The molecule has 0 bridgehead atoms. The molecule has 10 heteroatoms. The number of fused-ring (bicyclic) bond motifs is 3. The number of alkyl halides is 3. The monoisotopic (exact) mass is 504 g/mol. The average Bonchev–Trinajstić information content (AvgIpc) is 3.34. The van der Waals surface area contributed by atoms with E-state index < -0.39 is 30.0 Å². The summed E-state index contributed by atoms with van der Waals surface area (Å²) in [6.45, 7) is 4.83. The largest absolute Gasteiger partial charge is 0.413 e. The summed E-state index contributed by atoms with van der Waals surface area (Å²) in [5, 5.41) is 3.96. The lowest BCUT2D eigenvalue weighted by Gasteiger charge is -2.34. The highest BCUT2D eigenvalue weighted by atomic mass is 19.4. The molecule has 2 aliphatic rings. The summed E-state index contributed by atoms with van der Waals surface area (Å²) in [5.74, 6) is -1.73. The summed E-state index contributed by atoms with van der Waals surface area (Å²) in [4.78, 5) is 18.0. The first-order chi connectivity index (χ1) is 17.0. The molecule has 192 valence electrons. The van der Waals surface area contributed by atoms with Crippen LogP contribution in [0.4, 0.5) is 17.6 Å². The first-order valence-corrected chi connectivity index (χ1v) is 12.0. The quantitative estimate of drug-likeness (QED) is 0.460. The Labute approximate surface area is 206 Å². The molecule has 0 radical (unpaired) electrons. The molecule has 0 saturated carbocycles. The fraction of sp³-hybridized carbons (Fsp3) is 0.500. The van der Waals surface area contributed by atoms with E-state index in [2.05, 4.69) is 10.1 Å². The van der Waals surface area contributed by atoms with Gasteiger partial charge < -0.3 is 9.64 Å². The number of nitrogens with zero attached hydrogens (tertiary/aromatic N) is 4. The summed E-state index contributed by atoms with van der Waals surface area (Å²) >= 11 is 0. The van der Waals surface area contributed by atoms with Crippen molar-refractivity contribution >= 4 is 11.6 Å². The predicted octanol–water partition coefficient (Wildman–Crippen LogP) is 5.17. The predicted molar refractivity (Wildman–Crippen MR) is 124 cm³/mol. The lowest BCUT2D eigenvalue weighted by atomic mass is 9.86. The van der Waals surface area contributed by atoms with E-state index in [4.69, 9.17) is 4.74 Å². The third kappa shape index (κ3) is 4.25. The molecule has 1 aliphatic heterocycles. The van der Waals surface area contributed by atoms with Crippen molar-refractivity contribution in [2.75, 3.05) is 20.3 Å². The maximum atomic E-state index is 14.2. The van der Waals surface area contributed by atoms with Gasteiger partial charge in [-0.1, -0.05) is 38.1 Å². The van der Waals surface area contributed by atoms with E-state index in [1.54, 1.807) is 18.3 Å². The van der Waals surface area contributed by atoms with Gasteiger partial charge in [0.2, 0.25) is 11.9 Å². The van der Waals surface area contributed by atoms with Crippen LogP contribution in [0.15, 0.2) is 36.5 Å². The van der Waals surface area contributed by atoms with Gasteiger partial charge in [-0.15, -0.1) is 5.10 Å². The SMILES string of the molecule is CN(C(=O)C1CCOCC1)[C@@H](c1ccc([C@@H]2CC(C)(C)c3c2cnc2cc(F)nn32)cc1)C(F)(F)F. The van der Waals surface area contributed by atoms with Gasteiger partial charge in [-0.3, -0.25) is 4.79 Å². The molecule has 3 heterocycles. The minimum absolute atomic E-state index is 0.00867. The lowest BCUT2D eigenvalue weighted by molar-refractivity contribution is -0.191. The second kappa shape index (κ2) is 8.83. The first-order valence-electron chi connectivity index (χ1n) is 12.0. The molecule has 36 heavy (non-hydrogen) atoms. The van der Waals surface area contributed by atoms with E-state index in [0.29, 0.717) is 38.1 Å². The van der Waals surface area contributed by atoms with E-state index in [-0.39, 0.29) is 16.9 Å². The highest BCUT2D eigenvalue weighted by Gasteiger charge is 2.46. The minimum atomic E-state index is -4.63. The molecule has 0 N–H and O–H groups in total. The van der Waals surface area contributed by atoms with Crippen LogP contribution >= 0.6 is 0 Å². The Kier molecular flexibility index (Phi) is 6.05. The fourth-order valence-corrected chi connectivity index (χ4v) is 5.77. The summed E-state index contributed by atoms with van der Waals surface area (Å²) in [6, 6.07) is 5.50. The van der Waals surface area contributed by atoms with E-state index in [9.17, 15) is 22.4 Å². The smallest absolute Gasteiger partial charge is 0.381 e. The summed E-state index contributed by atoms with van der Waals surface area (Å²) < 4.78 is 63.1. The molecule has 2 aromatic heterocycles. The van der Waals surface area contributed by atoms with Gasteiger partial charge in [0.25, 0.3) is 0 Å². The van der Waals surface area contributed by atoms with Gasteiger partial charge in [0.05, 0.1) is 5.69 Å². The molecule has 1 amide bonds. The number of carbonyl (C=O) groups is 1. The molecular formula is C26H28F4N4O2. The molecule has 0 unspecified atom stereocenters. The highest BCUT2D eigenvalue weighted by molar-refractivity contribution is 5.79. The molecule has 1 aliphatic carbocycles. The number of amides is 1. The van der Waals surface area contributed by atoms with Crippen molar-refractivity contribution in [1.82, 2.24) is 19.5 Å². The van der Waals surface area contributed by atoms with Crippen molar-refractivity contribution < 1.29 is 27.1 Å².